The Morgan fingerprint density at radius 1 is 1.33 bits per heavy atom. The molecule has 2 fully saturated rings. The quantitative estimate of drug-likeness (QED) is 0.814. The number of carbonyl (C=O) groups excluding carboxylic acids is 1. The Labute approximate surface area is 154 Å². The van der Waals surface area contributed by atoms with Gasteiger partial charge in [-0.15, -0.1) is 0 Å². The molecule has 0 radical (unpaired) electrons. The lowest BCUT2D eigenvalue weighted by molar-refractivity contribution is -0.117. The largest absolute Gasteiger partial charge is 0.506 e. The number of rotatable bonds is 3. The number of aromatic hydroxyl groups is 1. The zero-order chi connectivity index (χ0) is 18.9. The van der Waals surface area contributed by atoms with Gasteiger partial charge in [0.1, 0.15) is 18.0 Å². The van der Waals surface area contributed by atoms with Gasteiger partial charge in [-0.05, 0) is 43.2 Å². The van der Waals surface area contributed by atoms with E-state index < -0.39 is 39.9 Å². The number of benzene rings is 1. The van der Waals surface area contributed by atoms with Gasteiger partial charge in [0.05, 0.1) is 6.20 Å². The Morgan fingerprint density at radius 3 is 2.78 bits per heavy atom. The second kappa shape index (κ2) is 5.44. The number of phenols is 1. The third-order valence-electron chi connectivity index (χ3n) is 5.35. The molecule has 8 nitrogen and oxygen atoms in total. The molecule has 142 valence electrons. The molecule has 2 N–H and O–H groups in total. The lowest BCUT2D eigenvalue weighted by Gasteiger charge is -2.23. The number of phenolic OH excluding ortho intramolecular Hbond substituents is 1. The van der Waals surface area contributed by atoms with Gasteiger partial charge in [-0.3, -0.25) is 9.48 Å². The van der Waals surface area contributed by atoms with E-state index in [4.69, 9.17) is 0 Å². The summed E-state index contributed by atoms with van der Waals surface area (Å²) in [4.78, 5) is 11.5. The van der Waals surface area contributed by atoms with Crippen LogP contribution in [-0.4, -0.2) is 35.8 Å². The van der Waals surface area contributed by atoms with E-state index in [9.17, 15) is 18.3 Å². The average Bonchev–Trinajstić information content (AvgIpc) is 3.25. The van der Waals surface area contributed by atoms with Gasteiger partial charge in [0.25, 0.3) is 5.91 Å². The Kier molecular flexibility index (Phi) is 3.34. The summed E-state index contributed by atoms with van der Waals surface area (Å²) in [5, 5.41) is 14.7. The minimum Gasteiger partial charge on any atom is -0.506 e. The molecule has 1 saturated carbocycles. The molecule has 1 aliphatic heterocycles. The summed E-state index contributed by atoms with van der Waals surface area (Å²) in [5.41, 5.74) is 1.88. The van der Waals surface area contributed by atoms with E-state index in [2.05, 4.69) is 5.10 Å². The predicted octanol–water partition coefficient (Wildman–Crippen LogP) is 1.08. The number of anilines is 1. The maximum atomic E-state index is 15.5. The summed E-state index contributed by atoms with van der Waals surface area (Å²) in [6.07, 6.45) is 5.14. The van der Waals surface area contributed by atoms with Crippen molar-refractivity contribution in [3.05, 3.63) is 29.3 Å². The van der Waals surface area contributed by atoms with E-state index in [1.165, 1.54) is 18.9 Å². The summed E-state index contributed by atoms with van der Waals surface area (Å²) in [5.74, 6) is -1.51. The minimum atomic E-state index is -4.23. The number of hydrogen-bond acceptors (Lipinski definition) is 5. The summed E-state index contributed by atoms with van der Waals surface area (Å²) in [7, 11) is -4.23. The van der Waals surface area contributed by atoms with Crippen molar-refractivity contribution >= 4 is 21.8 Å². The van der Waals surface area contributed by atoms with Gasteiger partial charge in [0, 0.05) is 23.4 Å². The monoisotopic (exact) mass is 392 g/mol. The number of fused-ring (bicyclic) bond motifs is 3. The first-order chi connectivity index (χ1) is 12.8. The van der Waals surface area contributed by atoms with Crippen LogP contribution in [0.25, 0.3) is 11.1 Å². The number of amides is 1. The summed E-state index contributed by atoms with van der Waals surface area (Å²) < 4.78 is 44.0. The third-order valence-corrected chi connectivity index (χ3v) is 6.73. The molecule has 1 aromatic heterocycles. The number of nitrogens with zero attached hydrogens (tertiary/aromatic N) is 3. The molecular weight excluding hydrogens is 375 g/mol. The van der Waals surface area contributed by atoms with Gasteiger partial charge in [-0.1, -0.05) is 0 Å². The number of aryl methyl sites for hydroxylation is 1. The highest BCUT2D eigenvalue weighted by Gasteiger charge is 2.39. The molecule has 2 aromatic rings. The van der Waals surface area contributed by atoms with Gasteiger partial charge in [0.15, 0.2) is 5.82 Å². The van der Waals surface area contributed by atoms with Crippen molar-refractivity contribution in [1.82, 2.24) is 14.5 Å². The second-order valence-electron chi connectivity index (χ2n) is 7.26. The topological polar surface area (TPSA) is 105 Å². The standard InChI is InChI=1S/C17H17FN4O4S/c18-16-15-10(3-4-12-11(15)6-19-21(12)7-9-1-2-9)5-13(23)17(16)22-8-14(24)20-27(22,25)26/h5-6,9,23H,1-4,7-8H2,(H,20,24). The highest BCUT2D eigenvalue weighted by molar-refractivity contribution is 7.92. The molecule has 1 saturated heterocycles. The first kappa shape index (κ1) is 16.5. The third kappa shape index (κ3) is 2.50. The molecule has 2 aliphatic carbocycles. The zero-order valence-electron chi connectivity index (χ0n) is 14.3. The fraction of sp³-hybridized carbons (Fsp3) is 0.412. The highest BCUT2D eigenvalue weighted by atomic mass is 32.2. The molecule has 0 unspecified atom stereocenters. The fourth-order valence-corrected chi connectivity index (χ4v) is 5.05. The maximum Gasteiger partial charge on any atom is 0.326 e. The molecule has 1 amide bonds. The molecule has 0 spiro atoms. The van der Waals surface area contributed by atoms with Crippen LogP contribution in [0.5, 0.6) is 5.75 Å². The minimum absolute atomic E-state index is 0.251. The number of nitrogens with one attached hydrogen (secondary N) is 1. The van der Waals surface area contributed by atoms with Crippen LogP contribution in [0.15, 0.2) is 12.3 Å². The van der Waals surface area contributed by atoms with Crippen molar-refractivity contribution < 1.29 is 22.7 Å². The van der Waals surface area contributed by atoms with Crippen LogP contribution in [0, 0.1) is 11.7 Å². The van der Waals surface area contributed by atoms with E-state index >= 15 is 4.39 Å². The van der Waals surface area contributed by atoms with Crippen molar-refractivity contribution in [2.24, 2.45) is 5.92 Å². The van der Waals surface area contributed by atoms with Gasteiger partial charge >= 0.3 is 10.2 Å². The van der Waals surface area contributed by atoms with Crippen LogP contribution in [0.1, 0.15) is 24.1 Å². The highest BCUT2D eigenvalue weighted by Crippen LogP contribution is 2.45. The SMILES string of the molecule is O=C1CN(c2c(O)cc3c(c2F)-c2cnn(CC4CC4)c2CC3)S(=O)(=O)N1. The van der Waals surface area contributed by atoms with Gasteiger partial charge in [0.2, 0.25) is 0 Å². The van der Waals surface area contributed by atoms with Crippen LogP contribution in [0.4, 0.5) is 10.1 Å². The maximum absolute atomic E-state index is 15.5. The Balaban J connectivity index is 1.66. The summed E-state index contributed by atoms with van der Waals surface area (Å²) in [6, 6.07) is 1.38. The lowest BCUT2D eigenvalue weighted by Crippen LogP contribution is -2.30. The molecule has 3 aliphatic rings. The molecule has 0 bridgehead atoms. The van der Waals surface area contributed by atoms with E-state index in [-0.39, 0.29) is 5.56 Å². The van der Waals surface area contributed by atoms with Crippen LogP contribution in [0.2, 0.25) is 0 Å². The molecule has 27 heavy (non-hydrogen) atoms. The molecule has 5 rings (SSSR count). The predicted molar refractivity (Wildman–Crippen MR) is 93.8 cm³/mol. The van der Waals surface area contributed by atoms with Crippen LogP contribution in [0.3, 0.4) is 0 Å². The van der Waals surface area contributed by atoms with Crippen molar-refractivity contribution in [1.29, 1.82) is 0 Å². The molecular formula is C17H17FN4O4S. The fourth-order valence-electron chi connectivity index (χ4n) is 3.89. The first-order valence-electron chi connectivity index (χ1n) is 8.78. The lowest BCUT2D eigenvalue weighted by atomic mass is 9.88. The summed E-state index contributed by atoms with van der Waals surface area (Å²) >= 11 is 0. The van der Waals surface area contributed by atoms with Crippen molar-refractivity contribution in [2.45, 2.75) is 32.2 Å². The van der Waals surface area contributed by atoms with Gasteiger partial charge in [-0.2, -0.15) is 13.5 Å². The number of halogens is 1. The van der Waals surface area contributed by atoms with Crippen molar-refractivity contribution in [2.75, 3.05) is 10.8 Å². The molecule has 1 aromatic carbocycles. The van der Waals surface area contributed by atoms with E-state index in [0.29, 0.717) is 34.2 Å². The first-order valence-corrected chi connectivity index (χ1v) is 10.2. The molecule has 0 atom stereocenters. The number of hydrogen-bond donors (Lipinski definition) is 2. The van der Waals surface area contributed by atoms with Gasteiger partial charge in [-0.25, -0.2) is 13.4 Å². The summed E-state index contributed by atoms with van der Waals surface area (Å²) in [6.45, 7) is 0.232. The molecule has 10 heteroatoms. The Morgan fingerprint density at radius 2 is 2.11 bits per heavy atom. The Hall–Kier alpha value is -2.62. The van der Waals surface area contributed by atoms with E-state index in [0.717, 1.165) is 12.2 Å². The van der Waals surface area contributed by atoms with Crippen LogP contribution in [-0.2, 0) is 34.4 Å². The Bertz CT molecular complexity index is 1090. The van der Waals surface area contributed by atoms with Gasteiger partial charge < -0.3 is 5.11 Å². The number of carbonyl (C=O) groups is 1. The zero-order valence-corrected chi connectivity index (χ0v) is 15.1. The van der Waals surface area contributed by atoms with Crippen LogP contribution < -0.4 is 9.03 Å². The normalized spacial score (nSPS) is 20.3. The average molecular weight is 392 g/mol. The van der Waals surface area contributed by atoms with Crippen molar-refractivity contribution in [3.8, 4) is 16.9 Å². The second-order valence-corrected chi connectivity index (χ2v) is 8.85. The molecule has 2 heterocycles. The number of aromatic nitrogens is 2. The van der Waals surface area contributed by atoms with E-state index in [1.54, 1.807) is 10.9 Å². The van der Waals surface area contributed by atoms with Crippen LogP contribution >= 0.6 is 0 Å². The van der Waals surface area contributed by atoms with E-state index in [1.807, 2.05) is 4.68 Å². The smallest absolute Gasteiger partial charge is 0.326 e. The van der Waals surface area contributed by atoms with Crippen molar-refractivity contribution in [3.63, 3.8) is 0 Å².